The van der Waals surface area contributed by atoms with Crippen molar-refractivity contribution in [1.29, 1.82) is 0 Å². The first-order valence-electron chi connectivity index (χ1n) is 7.11. The van der Waals surface area contributed by atoms with Gasteiger partial charge in [0.1, 0.15) is 0 Å². The van der Waals surface area contributed by atoms with E-state index < -0.39 is 0 Å². The highest BCUT2D eigenvalue weighted by molar-refractivity contribution is 7.17. The topological polar surface area (TPSA) is 74.8 Å². The Kier molecular flexibility index (Phi) is 3.52. The summed E-state index contributed by atoms with van der Waals surface area (Å²) >= 11 is 1.42. The molecule has 1 N–H and O–H groups in total. The van der Waals surface area contributed by atoms with Crippen LogP contribution in [0.15, 0.2) is 12.1 Å². The van der Waals surface area contributed by atoms with Crippen molar-refractivity contribution in [3.8, 4) is 10.7 Å². The van der Waals surface area contributed by atoms with Gasteiger partial charge >= 0.3 is 0 Å². The number of H-pyrrole nitrogens is 1. The Bertz CT molecular complexity index is 634. The minimum atomic E-state index is 0.106. The first-order valence-corrected chi connectivity index (χ1v) is 7.92. The van der Waals surface area contributed by atoms with Crippen molar-refractivity contribution in [2.45, 2.75) is 39.7 Å². The van der Waals surface area contributed by atoms with E-state index in [0.29, 0.717) is 11.9 Å². The molecule has 3 rings (SSSR count). The number of aromatic amines is 1. The van der Waals surface area contributed by atoms with E-state index in [4.69, 9.17) is 0 Å². The normalized spacial score (nSPS) is 21.5. The van der Waals surface area contributed by atoms with Crippen molar-refractivity contribution >= 4 is 17.2 Å². The lowest BCUT2D eigenvalue weighted by atomic mass is 9.81. The summed E-state index contributed by atoms with van der Waals surface area (Å²) in [4.78, 5) is 16.3. The van der Waals surface area contributed by atoms with Gasteiger partial charge < -0.3 is 4.90 Å². The maximum atomic E-state index is 12.8. The molecule has 21 heavy (non-hydrogen) atoms. The van der Waals surface area contributed by atoms with Gasteiger partial charge in [0.25, 0.3) is 5.91 Å². The quantitative estimate of drug-likeness (QED) is 0.925. The van der Waals surface area contributed by atoms with Gasteiger partial charge in [-0.15, -0.1) is 21.5 Å². The smallest absolute Gasteiger partial charge is 0.264 e. The van der Waals surface area contributed by atoms with Crippen LogP contribution < -0.4 is 0 Å². The Morgan fingerprint density at radius 2 is 2.29 bits per heavy atom. The molecule has 1 aliphatic heterocycles. The van der Waals surface area contributed by atoms with Gasteiger partial charge in [0.05, 0.1) is 9.75 Å². The van der Waals surface area contributed by atoms with Gasteiger partial charge in [-0.3, -0.25) is 4.79 Å². The van der Waals surface area contributed by atoms with E-state index >= 15 is 0 Å². The van der Waals surface area contributed by atoms with Crippen molar-refractivity contribution in [2.75, 3.05) is 6.54 Å². The Labute approximate surface area is 127 Å². The van der Waals surface area contributed by atoms with Crippen molar-refractivity contribution in [2.24, 2.45) is 5.41 Å². The second-order valence-corrected chi connectivity index (χ2v) is 7.47. The number of thiophene rings is 1. The number of tetrazole rings is 1. The molecule has 1 amide bonds. The van der Waals surface area contributed by atoms with Gasteiger partial charge in [0.2, 0.25) is 5.82 Å². The zero-order chi connectivity index (χ0) is 15.0. The molecule has 1 unspecified atom stereocenters. The van der Waals surface area contributed by atoms with Crippen LogP contribution in [0.3, 0.4) is 0 Å². The lowest BCUT2D eigenvalue weighted by Gasteiger charge is -2.42. The molecule has 0 aliphatic carbocycles. The van der Waals surface area contributed by atoms with E-state index in [1.165, 1.54) is 11.3 Å². The second-order valence-electron chi connectivity index (χ2n) is 6.38. The third-order valence-electron chi connectivity index (χ3n) is 4.01. The fraction of sp³-hybridized carbons (Fsp3) is 0.571. The van der Waals surface area contributed by atoms with Crippen LogP contribution in [-0.2, 0) is 0 Å². The number of carbonyl (C=O) groups is 1. The second kappa shape index (κ2) is 5.22. The molecule has 112 valence electrons. The zero-order valence-corrected chi connectivity index (χ0v) is 13.3. The monoisotopic (exact) mass is 305 g/mol. The standard InChI is InChI=1S/C14H19N5OS/c1-9-6-7-14(2,3)8-19(9)13(20)11-5-4-10(21-11)12-15-17-18-16-12/h4-5,9H,6-8H2,1-3H3,(H,15,16,17,18). The average molecular weight is 305 g/mol. The predicted molar refractivity (Wildman–Crippen MR) is 81.0 cm³/mol. The molecule has 1 atom stereocenters. The van der Waals surface area contributed by atoms with Gasteiger partial charge in [-0.1, -0.05) is 13.8 Å². The van der Waals surface area contributed by atoms with Crippen LogP contribution in [0, 0.1) is 5.41 Å². The highest BCUT2D eigenvalue weighted by Crippen LogP contribution is 2.34. The van der Waals surface area contributed by atoms with Crippen molar-refractivity contribution in [3.05, 3.63) is 17.0 Å². The summed E-state index contributed by atoms with van der Waals surface area (Å²) < 4.78 is 0. The fourth-order valence-electron chi connectivity index (χ4n) is 2.70. The maximum Gasteiger partial charge on any atom is 0.264 e. The Morgan fingerprint density at radius 3 is 3.00 bits per heavy atom. The van der Waals surface area contributed by atoms with E-state index in [0.717, 1.165) is 29.1 Å². The van der Waals surface area contributed by atoms with Crippen LogP contribution in [0.25, 0.3) is 10.7 Å². The number of likely N-dealkylation sites (tertiary alicyclic amines) is 1. The van der Waals surface area contributed by atoms with Crippen molar-refractivity contribution in [3.63, 3.8) is 0 Å². The van der Waals surface area contributed by atoms with Gasteiger partial charge in [0, 0.05) is 12.6 Å². The molecule has 0 aromatic carbocycles. The average Bonchev–Trinajstić information content (AvgIpc) is 3.10. The molecular weight excluding hydrogens is 286 g/mol. The van der Waals surface area contributed by atoms with E-state index in [-0.39, 0.29) is 11.3 Å². The first-order chi connectivity index (χ1) is 9.96. The van der Waals surface area contributed by atoms with E-state index in [9.17, 15) is 4.79 Å². The number of amides is 1. The zero-order valence-electron chi connectivity index (χ0n) is 12.5. The number of hydrogen-bond acceptors (Lipinski definition) is 5. The summed E-state index contributed by atoms with van der Waals surface area (Å²) in [6.07, 6.45) is 2.22. The van der Waals surface area contributed by atoms with Crippen LogP contribution >= 0.6 is 11.3 Å². The number of piperidine rings is 1. The van der Waals surface area contributed by atoms with Crippen LogP contribution in [0.5, 0.6) is 0 Å². The third kappa shape index (κ3) is 2.83. The predicted octanol–water partition coefficient (Wildman–Crippen LogP) is 2.58. The Morgan fingerprint density at radius 1 is 1.48 bits per heavy atom. The number of nitrogens with one attached hydrogen (secondary N) is 1. The molecule has 6 nitrogen and oxygen atoms in total. The minimum absolute atomic E-state index is 0.106. The molecule has 0 radical (unpaired) electrons. The van der Waals surface area contributed by atoms with E-state index in [1.54, 1.807) is 0 Å². The molecule has 2 aromatic heterocycles. The number of aromatic nitrogens is 4. The summed E-state index contributed by atoms with van der Waals surface area (Å²) in [7, 11) is 0. The van der Waals surface area contributed by atoms with Crippen LogP contribution in [0.1, 0.15) is 43.3 Å². The van der Waals surface area contributed by atoms with Gasteiger partial charge in [-0.25, -0.2) is 0 Å². The first kappa shape index (κ1) is 14.2. The summed E-state index contributed by atoms with van der Waals surface area (Å²) in [6, 6.07) is 4.02. The molecule has 7 heteroatoms. The summed E-state index contributed by atoms with van der Waals surface area (Å²) in [5.41, 5.74) is 0.190. The van der Waals surface area contributed by atoms with Crippen molar-refractivity contribution in [1.82, 2.24) is 25.5 Å². The van der Waals surface area contributed by atoms with Gasteiger partial charge in [0.15, 0.2) is 0 Å². The molecule has 1 saturated heterocycles. The lowest BCUT2D eigenvalue weighted by molar-refractivity contribution is 0.0436. The van der Waals surface area contributed by atoms with Crippen molar-refractivity contribution < 1.29 is 4.79 Å². The fourth-order valence-corrected chi connectivity index (χ4v) is 3.60. The molecular formula is C14H19N5OS. The van der Waals surface area contributed by atoms with Crippen LogP contribution in [0.2, 0.25) is 0 Å². The van der Waals surface area contributed by atoms with Crippen LogP contribution in [-0.4, -0.2) is 44.0 Å². The molecule has 3 heterocycles. The molecule has 1 fully saturated rings. The number of hydrogen-bond donors (Lipinski definition) is 1. The lowest BCUT2D eigenvalue weighted by Crippen LogP contribution is -2.48. The largest absolute Gasteiger partial charge is 0.335 e. The highest BCUT2D eigenvalue weighted by atomic mass is 32.1. The molecule has 1 aliphatic rings. The number of carbonyl (C=O) groups excluding carboxylic acids is 1. The summed E-state index contributed by atoms with van der Waals surface area (Å²) in [6.45, 7) is 7.37. The van der Waals surface area contributed by atoms with E-state index in [2.05, 4.69) is 41.4 Å². The Balaban J connectivity index is 1.82. The molecule has 0 saturated carbocycles. The number of rotatable bonds is 2. The molecule has 0 bridgehead atoms. The number of nitrogens with zero attached hydrogens (tertiary/aromatic N) is 4. The highest BCUT2D eigenvalue weighted by Gasteiger charge is 2.34. The summed E-state index contributed by atoms with van der Waals surface area (Å²) in [5, 5.41) is 13.9. The molecule has 2 aromatic rings. The Hall–Kier alpha value is -1.76. The van der Waals surface area contributed by atoms with Gasteiger partial charge in [-0.2, -0.15) is 5.21 Å². The summed E-state index contributed by atoms with van der Waals surface area (Å²) in [5.74, 6) is 0.640. The SMILES string of the molecule is CC1CCC(C)(C)CN1C(=O)c1ccc(-c2nn[nH]n2)s1. The van der Waals surface area contributed by atoms with Gasteiger partial charge in [-0.05, 0) is 42.5 Å². The maximum absolute atomic E-state index is 12.8. The van der Waals surface area contributed by atoms with E-state index in [1.807, 2.05) is 17.0 Å². The third-order valence-corrected chi connectivity index (χ3v) is 5.08. The molecule has 0 spiro atoms. The minimum Gasteiger partial charge on any atom is -0.335 e. The van der Waals surface area contributed by atoms with Crippen LogP contribution in [0.4, 0.5) is 0 Å².